The first-order chi connectivity index (χ1) is 9.54. The molecular formula is C13H13ClN2O3S. The number of hydrogen-bond donors (Lipinski definition) is 1. The van der Waals surface area contributed by atoms with E-state index in [1.54, 1.807) is 24.3 Å². The summed E-state index contributed by atoms with van der Waals surface area (Å²) in [5.41, 5.74) is 0.803. The number of benzene rings is 1. The van der Waals surface area contributed by atoms with Gasteiger partial charge in [-0.3, -0.25) is 4.79 Å². The maximum atomic E-state index is 10.6. The highest BCUT2D eigenvalue weighted by Gasteiger charge is 2.12. The van der Waals surface area contributed by atoms with Crippen LogP contribution in [0.3, 0.4) is 0 Å². The fourth-order valence-electron chi connectivity index (χ4n) is 1.54. The van der Waals surface area contributed by atoms with E-state index in [0.29, 0.717) is 22.6 Å². The third-order valence-corrected chi connectivity index (χ3v) is 3.91. The number of carbonyl (C=O) groups is 1. The van der Waals surface area contributed by atoms with Crippen molar-refractivity contribution in [2.45, 2.75) is 24.3 Å². The van der Waals surface area contributed by atoms with Crippen molar-refractivity contribution >= 4 is 29.3 Å². The standard InChI is InChI=1S/C13H13ClN2O3S/c1-8(6-12(17)18)20-7-11-15-16-13(19-11)9-2-4-10(14)5-3-9/h2-5,8H,6-7H2,1H3,(H,17,18). The van der Waals surface area contributed by atoms with Crippen molar-refractivity contribution in [2.24, 2.45) is 0 Å². The maximum Gasteiger partial charge on any atom is 0.304 e. The van der Waals surface area contributed by atoms with Gasteiger partial charge in [-0.15, -0.1) is 22.0 Å². The molecule has 20 heavy (non-hydrogen) atoms. The number of hydrogen-bond acceptors (Lipinski definition) is 5. The normalized spacial score (nSPS) is 12.3. The summed E-state index contributed by atoms with van der Waals surface area (Å²) in [5.74, 6) is 0.604. The van der Waals surface area contributed by atoms with Crippen molar-refractivity contribution in [3.05, 3.63) is 35.2 Å². The van der Waals surface area contributed by atoms with Gasteiger partial charge in [0.05, 0.1) is 12.2 Å². The highest BCUT2D eigenvalue weighted by atomic mass is 35.5. The van der Waals surface area contributed by atoms with E-state index in [9.17, 15) is 4.79 Å². The van der Waals surface area contributed by atoms with Crippen molar-refractivity contribution in [1.29, 1.82) is 0 Å². The van der Waals surface area contributed by atoms with Gasteiger partial charge < -0.3 is 9.52 Å². The largest absolute Gasteiger partial charge is 0.481 e. The number of carboxylic acids is 1. The zero-order chi connectivity index (χ0) is 14.5. The first-order valence-electron chi connectivity index (χ1n) is 5.96. The maximum absolute atomic E-state index is 10.6. The van der Waals surface area contributed by atoms with Crippen LogP contribution in [0.5, 0.6) is 0 Å². The van der Waals surface area contributed by atoms with E-state index >= 15 is 0 Å². The van der Waals surface area contributed by atoms with Crippen molar-refractivity contribution < 1.29 is 14.3 Å². The number of nitrogens with zero attached hydrogens (tertiary/aromatic N) is 2. The second-order valence-corrected chi connectivity index (χ2v) is 6.09. The second-order valence-electron chi connectivity index (χ2n) is 4.23. The predicted molar refractivity (Wildman–Crippen MR) is 77.8 cm³/mol. The van der Waals surface area contributed by atoms with Crippen LogP contribution in [0.15, 0.2) is 28.7 Å². The van der Waals surface area contributed by atoms with Crippen molar-refractivity contribution in [2.75, 3.05) is 0 Å². The predicted octanol–water partition coefficient (Wildman–Crippen LogP) is 3.49. The molecule has 0 aliphatic carbocycles. The Balaban J connectivity index is 1.95. The number of aromatic nitrogens is 2. The van der Waals surface area contributed by atoms with Crippen LogP contribution in [0.2, 0.25) is 5.02 Å². The number of aliphatic carboxylic acids is 1. The van der Waals surface area contributed by atoms with Gasteiger partial charge in [0.1, 0.15) is 0 Å². The number of rotatable bonds is 6. The molecule has 106 valence electrons. The lowest BCUT2D eigenvalue weighted by molar-refractivity contribution is -0.136. The summed E-state index contributed by atoms with van der Waals surface area (Å²) < 4.78 is 5.53. The minimum absolute atomic E-state index is 0.00150. The molecule has 1 atom stereocenters. The third kappa shape index (κ3) is 4.25. The summed E-state index contributed by atoms with van der Waals surface area (Å²) in [6.45, 7) is 1.86. The molecule has 0 saturated carbocycles. The summed E-state index contributed by atoms with van der Waals surface area (Å²) >= 11 is 7.28. The molecule has 0 fully saturated rings. The van der Waals surface area contributed by atoms with E-state index in [1.807, 2.05) is 6.92 Å². The Bertz CT molecular complexity index is 586. The van der Waals surface area contributed by atoms with Crippen molar-refractivity contribution in [3.63, 3.8) is 0 Å². The number of thioether (sulfide) groups is 1. The van der Waals surface area contributed by atoms with Crippen LogP contribution >= 0.6 is 23.4 Å². The molecule has 0 amide bonds. The Labute approximate surface area is 125 Å². The fraction of sp³-hybridized carbons (Fsp3) is 0.308. The SMILES string of the molecule is CC(CC(=O)O)SCc1nnc(-c2ccc(Cl)cc2)o1. The summed E-state index contributed by atoms with van der Waals surface area (Å²) in [6.07, 6.45) is 0.114. The summed E-state index contributed by atoms with van der Waals surface area (Å²) in [7, 11) is 0. The molecule has 0 spiro atoms. The topological polar surface area (TPSA) is 76.2 Å². The highest BCUT2D eigenvalue weighted by molar-refractivity contribution is 7.99. The fourth-order valence-corrected chi connectivity index (χ4v) is 2.47. The number of carboxylic acid groups (broad SMARTS) is 1. The van der Waals surface area contributed by atoms with Gasteiger partial charge >= 0.3 is 5.97 Å². The van der Waals surface area contributed by atoms with Gasteiger partial charge in [-0.2, -0.15) is 0 Å². The van der Waals surface area contributed by atoms with E-state index in [0.717, 1.165) is 5.56 Å². The van der Waals surface area contributed by atoms with Gasteiger partial charge in [-0.1, -0.05) is 18.5 Å². The third-order valence-electron chi connectivity index (χ3n) is 2.51. The molecule has 7 heteroatoms. The van der Waals surface area contributed by atoms with Gasteiger partial charge in [0.15, 0.2) is 0 Å². The number of halogens is 1. The van der Waals surface area contributed by atoms with Gasteiger partial charge in [0, 0.05) is 15.8 Å². The Morgan fingerprint density at radius 2 is 2.10 bits per heavy atom. The Hall–Kier alpha value is -1.53. The van der Waals surface area contributed by atoms with E-state index < -0.39 is 5.97 Å². The minimum Gasteiger partial charge on any atom is -0.481 e. The van der Waals surface area contributed by atoms with Crippen LogP contribution in [0.1, 0.15) is 19.2 Å². The summed E-state index contributed by atoms with van der Waals surface area (Å²) in [6, 6.07) is 7.12. The van der Waals surface area contributed by atoms with E-state index in [1.165, 1.54) is 11.8 Å². The van der Waals surface area contributed by atoms with Gasteiger partial charge in [-0.25, -0.2) is 0 Å². The van der Waals surface area contributed by atoms with Crippen LogP contribution in [-0.2, 0) is 10.5 Å². The molecular weight excluding hydrogens is 300 g/mol. The van der Waals surface area contributed by atoms with Gasteiger partial charge in [0.2, 0.25) is 11.8 Å². The molecule has 1 aromatic carbocycles. The van der Waals surface area contributed by atoms with Crippen LogP contribution in [0.4, 0.5) is 0 Å². The summed E-state index contributed by atoms with van der Waals surface area (Å²) in [4.78, 5) is 10.6. The lowest BCUT2D eigenvalue weighted by Crippen LogP contribution is -2.05. The van der Waals surface area contributed by atoms with E-state index in [2.05, 4.69) is 10.2 Å². The lowest BCUT2D eigenvalue weighted by atomic mass is 10.2. The van der Waals surface area contributed by atoms with Crippen LogP contribution in [0.25, 0.3) is 11.5 Å². The Kier molecular flexibility index (Phi) is 5.03. The molecule has 0 bridgehead atoms. The van der Waals surface area contributed by atoms with E-state index in [4.69, 9.17) is 21.1 Å². The molecule has 1 unspecified atom stereocenters. The molecule has 0 aliphatic heterocycles. The smallest absolute Gasteiger partial charge is 0.304 e. The zero-order valence-corrected chi connectivity index (χ0v) is 12.3. The lowest BCUT2D eigenvalue weighted by Gasteiger charge is -2.05. The van der Waals surface area contributed by atoms with Crippen LogP contribution in [0, 0.1) is 0 Å². The molecule has 2 rings (SSSR count). The molecule has 1 aromatic heterocycles. The Morgan fingerprint density at radius 3 is 2.75 bits per heavy atom. The molecule has 5 nitrogen and oxygen atoms in total. The van der Waals surface area contributed by atoms with Crippen molar-refractivity contribution in [3.8, 4) is 11.5 Å². The van der Waals surface area contributed by atoms with Gasteiger partial charge in [-0.05, 0) is 24.3 Å². The van der Waals surface area contributed by atoms with Crippen LogP contribution in [-0.4, -0.2) is 26.5 Å². The van der Waals surface area contributed by atoms with Crippen LogP contribution < -0.4 is 0 Å². The quantitative estimate of drug-likeness (QED) is 0.880. The molecule has 1 heterocycles. The monoisotopic (exact) mass is 312 g/mol. The molecule has 0 saturated heterocycles. The molecule has 0 radical (unpaired) electrons. The molecule has 2 aromatic rings. The summed E-state index contributed by atoms with van der Waals surface area (Å²) in [5, 5.41) is 17.2. The second kappa shape index (κ2) is 6.76. The average molecular weight is 313 g/mol. The first kappa shape index (κ1) is 14.9. The molecule has 1 N–H and O–H groups in total. The first-order valence-corrected chi connectivity index (χ1v) is 7.39. The van der Waals surface area contributed by atoms with Crippen molar-refractivity contribution in [1.82, 2.24) is 10.2 Å². The highest BCUT2D eigenvalue weighted by Crippen LogP contribution is 2.23. The van der Waals surface area contributed by atoms with E-state index in [-0.39, 0.29) is 11.7 Å². The minimum atomic E-state index is -0.808. The average Bonchev–Trinajstić information content (AvgIpc) is 2.85. The molecule has 0 aliphatic rings. The Morgan fingerprint density at radius 1 is 1.40 bits per heavy atom. The zero-order valence-electron chi connectivity index (χ0n) is 10.7. The van der Waals surface area contributed by atoms with Gasteiger partial charge in [0.25, 0.3) is 0 Å².